The lowest BCUT2D eigenvalue weighted by Crippen LogP contribution is -2.31. The average Bonchev–Trinajstić information content (AvgIpc) is 2.87. The molecule has 2 amide bonds. The Balaban J connectivity index is 1.73. The van der Waals surface area contributed by atoms with E-state index >= 15 is 0 Å². The summed E-state index contributed by atoms with van der Waals surface area (Å²) in [6.45, 7) is 1.29. The number of anilines is 3. The molecule has 0 atom stereocenters. The first-order valence-corrected chi connectivity index (χ1v) is 11.1. The van der Waals surface area contributed by atoms with E-state index in [0.717, 1.165) is 11.4 Å². The van der Waals surface area contributed by atoms with E-state index in [-0.39, 0.29) is 24.2 Å². The van der Waals surface area contributed by atoms with Gasteiger partial charge in [0.15, 0.2) is 0 Å². The molecule has 1 heterocycles. The summed E-state index contributed by atoms with van der Waals surface area (Å²) in [4.78, 5) is 36.0. The molecule has 0 aliphatic heterocycles. The maximum absolute atomic E-state index is 12.3. The smallest absolute Gasteiger partial charge is 0.413 e. The van der Waals surface area contributed by atoms with Crippen molar-refractivity contribution < 1.29 is 24.2 Å². The summed E-state index contributed by atoms with van der Waals surface area (Å²) in [5, 5.41) is 15.8. The van der Waals surface area contributed by atoms with Gasteiger partial charge in [0.05, 0.1) is 20.8 Å². The molecule has 2 aromatic carbocycles. The minimum Gasteiger partial charge on any atom is -0.497 e. The van der Waals surface area contributed by atoms with E-state index in [9.17, 15) is 14.7 Å². The second-order valence-electron chi connectivity index (χ2n) is 8.05. The van der Waals surface area contributed by atoms with Crippen molar-refractivity contribution in [3.63, 3.8) is 0 Å². The molecule has 0 radical (unpaired) electrons. The lowest BCUT2D eigenvalue weighted by atomic mass is 10.1. The number of hydrogen-bond acceptors (Lipinski definition) is 8. The van der Waals surface area contributed by atoms with Gasteiger partial charge in [0.2, 0.25) is 5.95 Å². The topological polar surface area (TPSA) is 129 Å². The zero-order chi connectivity index (χ0) is 26.1. The van der Waals surface area contributed by atoms with Crippen LogP contribution in [0.3, 0.4) is 0 Å². The zero-order valence-corrected chi connectivity index (χ0v) is 20.7. The second-order valence-corrected chi connectivity index (χ2v) is 8.05. The molecule has 36 heavy (non-hydrogen) atoms. The third kappa shape index (κ3) is 7.06. The van der Waals surface area contributed by atoms with Crippen molar-refractivity contribution in [3.8, 4) is 11.5 Å². The van der Waals surface area contributed by atoms with E-state index in [0.29, 0.717) is 34.9 Å². The normalized spacial score (nSPS) is 10.6. The third-order valence-corrected chi connectivity index (χ3v) is 5.21. The highest BCUT2D eigenvalue weighted by molar-refractivity contribution is 5.94. The molecule has 0 saturated carbocycles. The number of carbonyl (C=O) groups is 2. The van der Waals surface area contributed by atoms with Crippen LogP contribution in [-0.2, 0) is 6.54 Å². The SMILES string of the molecule is COc1ccc(OC)c(CN(C(=O)O)c2ccnc(Nc3ccc(C(=O)NCCN(C)C)cc3)n2)c1. The van der Waals surface area contributed by atoms with E-state index in [1.165, 1.54) is 26.5 Å². The summed E-state index contributed by atoms with van der Waals surface area (Å²) in [5.74, 6) is 1.34. The predicted octanol–water partition coefficient (Wildman–Crippen LogP) is 3.21. The molecule has 0 aliphatic rings. The van der Waals surface area contributed by atoms with Crippen LogP contribution in [0.2, 0.25) is 0 Å². The van der Waals surface area contributed by atoms with Crippen molar-refractivity contribution >= 4 is 29.5 Å². The number of methoxy groups -OCH3 is 2. The number of likely N-dealkylation sites (N-methyl/N-ethyl adjacent to an activating group) is 1. The highest BCUT2D eigenvalue weighted by Crippen LogP contribution is 2.27. The van der Waals surface area contributed by atoms with E-state index in [2.05, 4.69) is 20.6 Å². The summed E-state index contributed by atoms with van der Waals surface area (Å²) >= 11 is 0. The van der Waals surface area contributed by atoms with Crippen LogP contribution in [0.15, 0.2) is 54.7 Å². The molecule has 11 heteroatoms. The van der Waals surface area contributed by atoms with E-state index in [1.54, 1.807) is 42.5 Å². The first kappa shape index (κ1) is 26.2. The molecular weight excluding hydrogens is 464 g/mol. The Morgan fingerprint density at radius 1 is 1.03 bits per heavy atom. The van der Waals surface area contributed by atoms with Gasteiger partial charge in [-0.15, -0.1) is 0 Å². The number of aromatic nitrogens is 2. The molecule has 0 unspecified atom stereocenters. The van der Waals surface area contributed by atoms with Crippen LogP contribution < -0.4 is 25.0 Å². The van der Waals surface area contributed by atoms with E-state index in [1.807, 2.05) is 19.0 Å². The average molecular weight is 495 g/mol. The Kier molecular flexibility index (Phi) is 9.01. The number of hydrogen-bond donors (Lipinski definition) is 3. The van der Waals surface area contributed by atoms with Gasteiger partial charge >= 0.3 is 6.09 Å². The first-order chi connectivity index (χ1) is 17.3. The fourth-order valence-corrected chi connectivity index (χ4v) is 3.31. The van der Waals surface area contributed by atoms with Gasteiger partial charge in [-0.05, 0) is 62.6 Å². The summed E-state index contributed by atoms with van der Waals surface area (Å²) in [5.41, 5.74) is 1.79. The molecule has 0 bridgehead atoms. The molecule has 0 saturated heterocycles. The number of carbonyl (C=O) groups excluding carboxylic acids is 1. The number of ether oxygens (including phenoxy) is 2. The van der Waals surface area contributed by atoms with Crippen molar-refractivity contribution in [2.75, 3.05) is 51.6 Å². The molecule has 1 aromatic heterocycles. The van der Waals surface area contributed by atoms with Crippen molar-refractivity contribution in [1.82, 2.24) is 20.2 Å². The van der Waals surface area contributed by atoms with Crippen LogP contribution in [-0.4, -0.2) is 73.4 Å². The minimum atomic E-state index is -1.19. The van der Waals surface area contributed by atoms with E-state index < -0.39 is 6.09 Å². The van der Waals surface area contributed by atoms with Crippen molar-refractivity contribution in [2.24, 2.45) is 0 Å². The standard InChI is InChI=1S/C25H30N6O5/c1-30(2)14-13-26-23(32)17-5-7-19(8-6-17)28-24-27-12-11-22(29-24)31(25(33)34)16-18-15-20(35-3)9-10-21(18)36-4/h5-12,15H,13-14,16H2,1-4H3,(H,26,32)(H,33,34)(H,27,28,29). The van der Waals surface area contributed by atoms with Crippen molar-refractivity contribution in [1.29, 1.82) is 0 Å². The van der Waals surface area contributed by atoms with Gasteiger partial charge in [0.1, 0.15) is 17.3 Å². The summed E-state index contributed by atoms with van der Waals surface area (Å²) in [6, 6.07) is 13.5. The minimum absolute atomic E-state index is 0.0101. The molecule has 0 fully saturated rings. The van der Waals surface area contributed by atoms with Crippen LogP contribution in [0.25, 0.3) is 0 Å². The number of nitrogens with one attached hydrogen (secondary N) is 2. The molecular formula is C25H30N6O5. The molecule has 190 valence electrons. The lowest BCUT2D eigenvalue weighted by molar-refractivity contribution is 0.0951. The summed E-state index contributed by atoms with van der Waals surface area (Å²) in [6.07, 6.45) is 0.282. The van der Waals surface area contributed by atoms with Gasteiger partial charge in [-0.1, -0.05) is 0 Å². The Bertz CT molecular complexity index is 1190. The molecule has 3 rings (SSSR count). The molecule has 3 N–H and O–H groups in total. The quantitative estimate of drug-likeness (QED) is 0.368. The Hall–Kier alpha value is -4.38. The highest BCUT2D eigenvalue weighted by atomic mass is 16.5. The predicted molar refractivity (Wildman–Crippen MR) is 136 cm³/mol. The van der Waals surface area contributed by atoms with E-state index in [4.69, 9.17) is 9.47 Å². The van der Waals surface area contributed by atoms with Gasteiger partial charge in [-0.2, -0.15) is 4.98 Å². The Morgan fingerprint density at radius 3 is 2.42 bits per heavy atom. The van der Waals surface area contributed by atoms with Gasteiger partial charge < -0.3 is 30.1 Å². The fourth-order valence-electron chi connectivity index (χ4n) is 3.31. The van der Waals surface area contributed by atoms with Crippen LogP contribution in [0.4, 0.5) is 22.2 Å². The molecule has 0 spiro atoms. The third-order valence-electron chi connectivity index (χ3n) is 5.21. The number of benzene rings is 2. The molecule has 0 aliphatic carbocycles. The number of amides is 2. The highest BCUT2D eigenvalue weighted by Gasteiger charge is 2.20. The monoisotopic (exact) mass is 494 g/mol. The van der Waals surface area contributed by atoms with Crippen molar-refractivity contribution in [3.05, 3.63) is 65.9 Å². The summed E-state index contributed by atoms with van der Waals surface area (Å²) < 4.78 is 10.6. The fraction of sp³-hybridized carbons (Fsp3) is 0.280. The second kappa shape index (κ2) is 12.4. The van der Waals surface area contributed by atoms with Gasteiger partial charge in [0, 0.05) is 36.1 Å². The maximum Gasteiger partial charge on any atom is 0.413 e. The Morgan fingerprint density at radius 2 is 1.78 bits per heavy atom. The van der Waals surface area contributed by atoms with Gasteiger partial charge in [-0.25, -0.2) is 9.78 Å². The Labute approximate surface area is 209 Å². The number of nitrogens with zero attached hydrogens (tertiary/aromatic N) is 4. The first-order valence-electron chi connectivity index (χ1n) is 11.1. The number of rotatable bonds is 11. The van der Waals surface area contributed by atoms with Crippen molar-refractivity contribution in [2.45, 2.75) is 6.54 Å². The van der Waals surface area contributed by atoms with Gasteiger partial charge in [-0.3, -0.25) is 9.69 Å². The zero-order valence-electron chi connectivity index (χ0n) is 20.7. The maximum atomic E-state index is 12.3. The lowest BCUT2D eigenvalue weighted by Gasteiger charge is -2.20. The van der Waals surface area contributed by atoms with Crippen LogP contribution in [0.5, 0.6) is 11.5 Å². The van der Waals surface area contributed by atoms with Crippen LogP contribution in [0, 0.1) is 0 Å². The summed E-state index contributed by atoms with van der Waals surface area (Å²) in [7, 11) is 6.93. The largest absolute Gasteiger partial charge is 0.497 e. The van der Waals surface area contributed by atoms with Gasteiger partial charge in [0.25, 0.3) is 5.91 Å². The molecule has 3 aromatic rings. The number of carboxylic acid groups (broad SMARTS) is 1. The van der Waals surface area contributed by atoms with Crippen LogP contribution >= 0.6 is 0 Å². The molecule has 11 nitrogen and oxygen atoms in total. The van der Waals surface area contributed by atoms with Crippen LogP contribution in [0.1, 0.15) is 15.9 Å².